The fourth-order valence-corrected chi connectivity index (χ4v) is 3.88. The number of nitrogens with zero attached hydrogens (tertiary/aromatic N) is 1. The van der Waals surface area contributed by atoms with Crippen molar-refractivity contribution >= 4 is 17.7 Å². The number of carbonyl (C=O) groups excluding carboxylic acids is 3. The van der Waals surface area contributed by atoms with Crippen LogP contribution in [0.4, 0.5) is 0 Å². The van der Waals surface area contributed by atoms with Gasteiger partial charge in [0.05, 0.1) is 11.1 Å². The molecule has 23 heavy (non-hydrogen) atoms. The van der Waals surface area contributed by atoms with Gasteiger partial charge in [0, 0.05) is 19.0 Å². The number of fused-ring (bicyclic) bond motifs is 3. The van der Waals surface area contributed by atoms with Gasteiger partial charge in [-0.15, -0.1) is 0 Å². The summed E-state index contributed by atoms with van der Waals surface area (Å²) < 4.78 is 0. The Morgan fingerprint density at radius 3 is 2.35 bits per heavy atom. The van der Waals surface area contributed by atoms with E-state index in [1.165, 1.54) is 4.90 Å². The monoisotopic (exact) mass is 310 g/mol. The molecule has 0 spiro atoms. The first-order chi connectivity index (χ1) is 11.1. The molecular formula is C18H18N2O3. The van der Waals surface area contributed by atoms with Gasteiger partial charge >= 0.3 is 0 Å². The number of benzene rings is 1. The van der Waals surface area contributed by atoms with Gasteiger partial charge in [-0.2, -0.15) is 0 Å². The van der Waals surface area contributed by atoms with Gasteiger partial charge < -0.3 is 5.32 Å². The van der Waals surface area contributed by atoms with Gasteiger partial charge in [-0.25, -0.2) is 0 Å². The Balaban J connectivity index is 1.35. The van der Waals surface area contributed by atoms with Gasteiger partial charge in [0.1, 0.15) is 0 Å². The highest BCUT2D eigenvalue weighted by atomic mass is 16.2. The third-order valence-corrected chi connectivity index (χ3v) is 5.07. The number of rotatable bonds is 4. The van der Waals surface area contributed by atoms with Gasteiger partial charge in [-0.05, 0) is 36.8 Å². The number of hydrogen-bond donors (Lipinski definition) is 1. The predicted octanol–water partition coefficient (Wildman–Crippen LogP) is 1.75. The van der Waals surface area contributed by atoms with Crippen molar-refractivity contribution in [1.29, 1.82) is 0 Å². The standard InChI is InChI=1S/C18H18N2O3/c21-16(19-15-10-11-5-6-12(15)9-11)7-8-20-17(22)13-3-1-2-4-14(13)18(20)23/h1-6,11-12,15H,7-10H2,(H,19,21). The molecule has 1 aromatic rings. The van der Waals surface area contributed by atoms with Gasteiger partial charge in [-0.3, -0.25) is 19.3 Å². The Hall–Kier alpha value is -2.43. The van der Waals surface area contributed by atoms with E-state index in [4.69, 9.17) is 0 Å². The molecule has 4 rings (SSSR count). The summed E-state index contributed by atoms with van der Waals surface area (Å²) in [6.45, 7) is 0.134. The summed E-state index contributed by atoms with van der Waals surface area (Å²) in [4.78, 5) is 37.8. The topological polar surface area (TPSA) is 66.5 Å². The molecule has 1 aromatic carbocycles. The summed E-state index contributed by atoms with van der Waals surface area (Å²) in [5.41, 5.74) is 0.854. The minimum absolute atomic E-state index is 0.0903. The molecule has 3 atom stereocenters. The molecule has 3 aliphatic rings. The van der Waals surface area contributed by atoms with Crippen LogP contribution < -0.4 is 5.32 Å². The molecular weight excluding hydrogens is 292 g/mol. The smallest absolute Gasteiger partial charge is 0.261 e. The molecule has 0 aromatic heterocycles. The molecule has 2 aliphatic carbocycles. The largest absolute Gasteiger partial charge is 0.353 e. The van der Waals surface area contributed by atoms with Crippen LogP contribution in [-0.2, 0) is 4.79 Å². The van der Waals surface area contributed by atoms with E-state index in [-0.39, 0.29) is 36.7 Å². The quantitative estimate of drug-likeness (QED) is 0.680. The second-order valence-electron chi connectivity index (χ2n) is 6.51. The summed E-state index contributed by atoms with van der Waals surface area (Å²) >= 11 is 0. The highest BCUT2D eigenvalue weighted by Gasteiger charge is 2.37. The first-order valence-electron chi connectivity index (χ1n) is 8.06. The van der Waals surface area contributed by atoms with Crippen molar-refractivity contribution < 1.29 is 14.4 Å². The first kappa shape index (κ1) is 14.2. The molecule has 118 valence electrons. The summed E-state index contributed by atoms with van der Waals surface area (Å²) in [6, 6.07) is 6.99. The highest BCUT2D eigenvalue weighted by Crippen LogP contribution is 2.38. The van der Waals surface area contributed by atoms with Crippen LogP contribution in [0.15, 0.2) is 36.4 Å². The maximum absolute atomic E-state index is 12.2. The molecule has 2 bridgehead atoms. The number of imide groups is 1. The summed E-state index contributed by atoms with van der Waals surface area (Å²) in [5.74, 6) is 0.347. The average molecular weight is 310 g/mol. The van der Waals surface area contributed by atoms with Crippen molar-refractivity contribution in [1.82, 2.24) is 10.2 Å². The molecule has 5 heteroatoms. The Labute approximate surface area is 134 Å². The summed E-state index contributed by atoms with van der Waals surface area (Å²) in [7, 11) is 0. The number of carbonyl (C=O) groups is 3. The fourth-order valence-electron chi connectivity index (χ4n) is 3.88. The second kappa shape index (κ2) is 5.33. The molecule has 3 amide bonds. The lowest BCUT2D eigenvalue weighted by Crippen LogP contribution is -2.40. The Morgan fingerprint density at radius 2 is 1.78 bits per heavy atom. The van der Waals surface area contributed by atoms with E-state index < -0.39 is 0 Å². The maximum atomic E-state index is 12.2. The van der Waals surface area contributed by atoms with Gasteiger partial charge in [0.15, 0.2) is 0 Å². The van der Waals surface area contributed by atoms with Crippen molar-refractivity contribution in [2.45, 2.75) is 25.3 Å². The number of hydrogen-bond acceptors (Lipinski definition) is 3. The van der Waals surface area contributed by atoms with Crippen molar-refractivity contribution in [3.05, 3.63) is 47.5 Å². The number of nitrogens with one attached hydrogen (secondary N) is 1. The van der Waals surface area contributed by atoms with Crippen LogP contribution in [0.25, 0.3) is 0 Å². The van der Waals surface area contributed by atoms with Crippen LogP contribution in [0, 0.1) is 11.8 Å². The number of allylic oxidation sites excluding steroid dienone is 1. The van der Waals surface area contributed by atoms with Crippen LogP contribution in [0.5, 0.6) is 0 Å². The lowest BCUT2D eigenvalue weighted by atomic mass is 10.0. The van der Waals surface area contributed by atoms with Gasteiger partial charge in [0.25, 0.3) is 11.8 Å². The Kier molecular flexibility index (Phi) is 3.29. The van der Waals surface area contributed by atoms with E-state index in [1.54, 1.807) is 24.3 Å². The van der Waals surface area contributed by atoms with E-state index in [9.17, 15) is 14.4 Å². The van der Waals surface area contributed by atoms with Crippen LogP contribution in [0.2, 0.25) is 0 Å². The summed E-state index contributed by atoms with van der Waals surface area (Å²) in [6.07, 6.45) is 6.70. The zero-order valence-corrected chi connectivity index (χ0v) is 12.7. The van der Waals surface area contributed by atoms with E-state index in [2.05, 4.69) is 17.5 Å². The van der Waals surface area contributed by atoms with Crippen LogP contribution in [0.1, 0.15) is 40.0 Å². The van der Waals surface area contributed by atoms with Crippen molar-refractivity contribution in [3.63, 3.8) is 0 Å². The number of amides is 3. The zero-order chi connectivity index (χ0) is 16.0. The Morgan fingerprint density at radius 1 is 1.09 bits per heavy atom. The Bertz CT molecular complexity index is 690. The fraction of sp³-hybridized carbons (Fsp3) is 0.389. The highest BCUT2D eigenvalue weighted by molar-refractivity contribution is 6.21. The van der Waals surface area contributed by atoms with E-state index in [0.29, 0.717) is 23.0 Å². The van der Waals surface area contributed by atoms with Crippen LogP contribution in [0.3, 0.4) is 0 Å². The molecule has 0 saturated heterocycles. The SMILES string of the molecule is O=C(CCN1C(=O)c2ccccc2C1=O)NC1CC2C=CC1C2. The van der Waals surface area contributed by atoms with Crippen molar-refractivity contribution in [3.8, 4) is 0 Å². The maximum Gasteiger partial charge on any atom is 0.261 e. The van der Waals surface area contributed by atoms with Crippen LogP contribution >= 0.6 is 0 Å². The molecule has 1 heterocycles. The zero-order valence-electron chi connectivity index (χ0n) is 12.7. The molecule has 1 aliphatic heterocycles. The van der Waals surface area contributed by atoms with Crippen molar-refractivity contribution in [2.24, 2.45) is 11.8 Å². The molecule has 3 unspecified atom stereocenters. The van der Waals surface area contributed by atoms with Crippen molar-refractivity contribution in [2.75, 3.05) is 6.54 Å². The van der Waals surface area contributed by atoms with Gasteiger partial charge in [0.2, 0.25) is 5.91 Å². The van der Waals surface area contributed by atoms with Crippen LogP contribution in [-0.4, -0.2) is 35.2 Å². The molecule has 1 fully saturated rings. The lowest BCUT2D eigenvalue weighted by molar-refractivity contribution is -0.122. The second-order valence-corrected chi connectivity index (χ2v) is 6.51. The molecule has 1 saturated carbocycles. The molecule has 5 nitrogen and oxygen atoms in total. The minimum Gasteiger partial charge on any atom is -0.353 e. The van der Waals surface area contributed by atoms with E-state index in [1.807, 2.05) is 0 Å². The van der Waals surface area contributed by atoms with Gasteiger partial charge in [-0.1, -0.05) is 24.3 Å². The normalized spacial score (nSPS) is 27.7. The predicted molar refractivity (Wildman–Crippen MR) is 83.7 cm³/mol. The third-order valence-electron chi connectivity index (χ3n) is 5.07. The van der Waals surface area contributed by atoms with E-state index >= 15 is 0 Å². The molecule has 1 N–H and O–H groups in total. The third kappa shape index (κ3) is 2.36. The minimum atomic E-state index is -0.304. The summed E-state index contributed by atoms with van der Waals surface area (Å²) in [5, 5.41) is 3.05. The average Bonchev–Trinajstić information content (AvgIpc) is 3.22. The van der Waals surface area contributed by atoms with E-state index in [0.717, 1.165) is 12.8 Å². The molecule has 0 radical (unpaired) electrons. The lowest BCUT2D eigenvalue weighted by Gasteiger charge is -2.20. The first-order valence-corrected chi connectivity index (χ1v) is 8.06.